The van der Waals surface area contributed by atoms with Gasteiger partial charge in [0.15, 0.2) is 5.82 Å². The molecule has 0 unspecified atom stereocenters. The van der Waals surface area contributed by atoms with E-state index in [0.717, 1.165) is 0 Å². The van der Waals surface area contributed by atoms with Crippen molar-refractivity contribution in [3.05, 3.63) is 36.0 Å². The van der Waals surface area contributed by atoms with Gasteiger partial charge < -0.3 is 10.4 Å². The summed E-state index contributed by atoms with van der Waals surface area (Å²) in [5.74, 6) is -2.20. The molecular weight excluding hydrogens is 315 g/mol. The highest BCUT2D eigenvalue weighted by Crippen LogP contribution is 2.39. The Bertz CT molecular complexity index is 711. The van der Waals surface area contributed by atoms with Crippen molar-refractivity contribution in [3.8, 4) is 11.1 Å². The third-order valence-electron chi connectivity index (χ3n) is 2.94. The molecular formula is C14H12F3N3O3. The number of rotatable bonds is 5. The Labute approximate surface area is 128 Å². The molecule has 9 heteroatoms. The minimum Gasteiger partial charge on any atom is -0.481 e. The number of nitrogens with one attached hydrogen (secondary N) is 2. The topological polar surface area (TPSA) is 95.1 Å². The smallest absolute Gasteiger partial charge is 0.433 e. The number of carbonyl (C=O) groups is 2. The number of carboxylic acid groups (broad SMARTS) is 1. The van der Waals surface area contributed by atoms with E-state index in [1.165, 1.54) is 12.1 Å². The SMILES string of the molecule is O=C(O)CCC(=O)Nc1n[nH]c(C(F)(F)F)c1-c1ccccc1. The predicted molar refractivity (Wildman–Crippen MR) is 74.5 cm³/mol. The van der Waals surface area contributed by atoms with Gasteiger partial charge in [-0.05, 0) is 5.56 Å². The molecule has 0 bridgehead atoms. The van der Waals surface area contributed by atoms with Crippen molar-refractivity contribution in [2.24, 2.45) is 0 Å². The zero-order chi connectivity index (χ0) is 17.0. The van der Waals surface area contributed by atoms with Crippen molar-refractivity contribution in [1.29, 1.82) is 0 Å². The van der Waals surface area contributed by atoms with Crippen LogP contribution < -0.4 is 5.32 Å². The second-order valence-electron chi connectivity index (χ2n) is 4.63. The van der Waals surface area contributed by atoms with Gasteiger partial charge in [0, 0.05) is 6.42 Å². The fraction of sp³-hybridized carbons (Fsp3) is 0.214. The van der Waals surface area contributed by atoms with Crippen LogP contribution in [0.3, 0.4) is 0 Å². The molecule has 1 amide bonds. The quantitative estimate of drug-likeness (QED) is 0.787. The number of carboxylic acids is 1. The molecule has 0 radical (unpaired) electrons. The lowest BCUT2D eigenvalue weighted by molar-refractivity contribution is -0.140. The lowest BCUT2D eigenvalue weighted by Crippen LogP contribution is -2.14. The van der Waals surface area contributed by atoms with E-state index in [4.69, 9.17) is 5.11 Å². The largest absolute Gasteiger partial charge is 0.481 e. The minimum atomic E-state index is -4.68. The molecule has 1 aromatic carbocycles. The maximum Gasteiger partial charge on any atom is 0.433 e. The molecule has 122 valence electrons. The van der Waals surface area contributed by atoms with Crippen LogP contribution in [0.4, 0.5) is 19.0 Å². The maximum absolute atomic E-state index is 13.1. The van der Waals surface area contributed by atoms with E-state index in [9.17, 15) is 22.8 Å². The fourth-order valence-corrected chi connectivity index (χ4v) is 1.94. The highest BCUT2D eigenvalue weighted by Gasteiger charge is 2.38. The molecule has 0 aliphatic carbocycles. The van der Waals surface area contributed by atoms with Gasteiger partial charge in [0.05, 0.1) is 12.0 Å². The number of carbonyl (C=O) groups excluding carboxylic acids is 1. The van der Waals surface area contributed by atoms with Crippen molar-refractivity contribution >= 4 is 17.7 Å². The van der Waals surface area contributed by atoms with Gasteiger partial charge in [-0.15, -0.1) is 0 Å². The number of alkyl halides is 3. The van der Waals surface area contributed by atoms with Crippen LogP contribution in [0.15, 0.2) is 30.3 Å². The fourth-order valence-electron chi connectivity index (χ4n) is 1.94. The normalized spacial score (nSPS) is 11.3. The molecule has 0 spiro atoms. The molecule has 1 aromatic heterocycles. The molecule has 2 aromatic rings. The first-order valence-electron chi connectivity index (χ1n) is 6.51. The Morgan fingerprint density at radius 3 is 2.39 bits per heavy atom. The number of anilines is 1. The van der Waals surface area contributed by atoms with Gasteiger partial charge in [0.25, 0.3) is 0 Å². The molecule has 23 heavy (non-hydrogen) atoms. The predicted octanol–water partition coefficient (Wildman–Crippen LogP) is 2.90. The molecule has 0 saturated carbocycles. The summed E-state index contributed by atoms with van der Waals surface area (Å²) in [4.78, 5) is 22.1. The summed E-state index contributed by atoms with van der Waals surface area (Å²) in [5.41, 5.74) is -1.15. The number of amides is 1. The number of benzene rings is 1. The summed E-state index contributed by atoms with van der Waals surface area (Å²) in [5, 5.41) is 16.1. The van der Waals surface area contributed by atoms with Crippen LogP contribution in [0.25, 0.3) is 11.1 Å². The number of hydrogen-bond donors (Lipinski definition) is 3. The average Bonchev–Trinajstić information content (AvgIpc) is 2.89. The molecule has 0 saturated heterocycles. The van der Waals surface area contributed by atoms with Crippen molar-refractivity contribution < 1.29 is 27.9 Å². The zero-order valence-corrected chi connectivity index (χ0v) is 11.6. The molecule has 0 aliphatic rings. The van der Waals surface area contributed by atoms with Crippen LogP contribution in [0.1, 0.15) is 18.5 Å². The number of halogens is 3. The van der Waals surface area contributed by atoms with Gasteiger partial charge in [-0.2, -0.15) is 18.3 Å². The highest BCUT2D eigenvalue weighted by molar-refractivity contribution is 5.95. The molecule has 0 atom stereocenters. The standard InChI is InChI=1S/C14H12F3N3O3/c15-14(16,17)12-11(8-4-2-1-3-5-8)13(20-19-12)18-9(21)6-7-10(22)23/h1-5H,6-7H2,(H,22,23)(H2,18,19,20,21). The lowest BCUT2D eigenvalue weighted by atomic mass is 10.0. The number of hydrogen-bond acceptors (Lipinski definition) is 3. The van der Waals surface area contributed by atoms with E-state index in [0.29, 0.717) is 0 Å². The summed E-state index contributed by atoms with van der Waals surface area (Å²) in [6.45, 7) is 0. The van der Waals surface area contributed by atoms with E-state index < -0.39 is 30.2 Å². The van der Waals surface area contributed by atoms with Crippen LogP contribution in [0.2, 0.25) is 0 Å². The molecule has 1 heterocycles. The first kappa shape index (κ1) is 16.5. The Morgan fingerprint density at radius 2 is 1.83 bits per heavy atom. The lowest BCUT2D eigenvalue weighted by Gasteiger charge is -2.09. The van der Waals surface area contributed by atoms with Crippen molar-refractivity contribution in [2.75, 3.05) is 5.32 Å². The first-order valence-corrected chi connectivity index (χ1v) is 6.51. The number of aromatic amines is 1. The number of H-pyrrole nitrogens is 1. The van der Waals surface area contributed by atoms with Crippen LogP contribution in [0.5, 0.6) is 0 Å². The van der Waals surface area contributed by atoms with Gasteiger partial charge in [-0.25, -0.2) is 0 Å². The second-order valence-corrected chi connectivity index (χ2v) is 4.63. The molecule has 6 nitrogen and oxygen atoms in total. The third kappa shape index (κ3) is 4.09. The van der Waals surface area contributed by atoms with Crippen molar-refractivity contribution in [1.82, 2.24) is 10.2 Å². The van der Waals surface area contributed by atoms with Crippen LogP contribution in [-0.2, 0) is 15.8 Å². The number of nitrogens with zero attached hydrogens (tertiary/aromatic N) is 1. The zero-order valence-electron chi connectivity index (χ0n) is 11.6. The molecule has 3 N–H and O–H groups in total. The van der Waals surface area contributed by atoms with Crippen molar-refractivity contribution in [2.45, 2.75) is 19.0 Å². The van der Waals surface area contributed by atoms with Gasteiger partial charge in [0.1, 0.15) is 5.69 Å². The Morgan fingerprint density at radius 1 is 1.17 bits per heavy atom. The second kappa shape index (κ2) is 6.51. The van der Waals surface area contributed by atoms with Gasteiger partial charge >= 0.3 is 12.1 Å². The summed E-state index contributed by atoms with van der Waals surface area (Å²) in [6.07, 6.45) is -5.47. The Balaban J connectivity index is 2.35. The Hall–Kier alpha value is -2.84. The minimum absolute atomic E-state index is 0.224. The monoisotopic (exact) mass is 327 g/mol. The van der Waals surface area contributed by atoms with Crippen LogP contribution >= 0.6 is 0 Å². The van der Waals surface area contributed by atoms with E-state index in [-0.39, 0.29) is 23.4 Å². The van der Waals surface area contributed by atoms with Crippen LogP contribution in [-0.4, -0.2) is 27.2 Å². The van der Waals surface area contributed by atoms with E-state index in [2.05, 4.69) is 10.4 Å². The number of aromatic nitrogens is 2. The molecule has 0 fully saturated rings. The number of aliphatic carboxylic acids is 1. The average molecular weight is 327 g/mol. The summed E-state index contributed by atoms with van der Waals surface area (Å²) < 4.78 is 39.2. The van der Waals surface area contributed by atoms with E-state index in [1.807, 2.05) is 5.10 Å². The molecule has 2 rings (SSSR count). The molecule has 0 aliphatic heterocycles. The van der Waals surface area contributed by atoms with E-state index >= 15 is 0 Å². The summed E-state index contributed by atoms with van der Waals surface area (Å²) in [6, 6.07) is 7.65. The van der Waals surface area contributed by atoms with Gasteiger partial charge in [0.2, 0.25) is 5.91 Å². The third-order valence-corrected chi connectivity index (χ3v) is 2.94. The van der Waals surface area contributed by atoms with Gasteiger partial charge in [-0.1, -0.05) is 30.3 Å². The summed E-state index contributed by atoms with van der Waals surface area (Å²) >= 11 is 0. The highest BCUT2D eigenvalue weighted by atomic mass is 19.4. The Kier molecular flexibility index (Phi) is 4.68. The first-order chi connectivity index (χ1) is 10.8. The summed E-state index contributed by atoms with van der Waals surface area (Å²) in [7, 11) is 0. The van der Waals surface area contributed by atoms with E-state index in [1.54, 1.807) is 18.2 Å². The van der Waals surface area contributed by atoms with Gasteiger partial charge in [-0.3, -0.25) is 14.7 Å². The van der Waals surface area contributed by atoms with Crippen LogP contribution in [0, 0.1) is 0 Å². The maximum atomic E-state index is 13.1. The van der Waals surface area contributed by atoms with Crippen molar-refractivity contribution in [3.63, 3.8) is 0 Å².